The smallest absolute Gasteiger partial charge is 0.224 e. The molecular formula is C29H32ClN3O2. The number of carbonyl (C=O) groups excluding carboxylic acids is 1. The molecule has 4 rings (SSSR count). The van der Waals surface area contributed by atoms with Crippen molar-refractivity contribution in [2.75, 3.05) is 6.61 Å². The number of benzene rings is 3. The molecule has 0 radical (unpaired) electrons. The third kappa shape index (κ3) is 6.43. The summed E-state index contributed by atoms with van der Waals surface area (Å²) in [4.78, 5) is 17.5. The van der Waals surface area contributed by atoms with Gasteiger partial charge >= 0.3 is 0 Å². The van der Waals surface area contributed by atoms with E-state index < -0.39 is 0 Å². The van der Waals surface area contributed by atoms with Crippen molar-refractivity contribution in [1.82, 2.24) is 14.9 Å². The zero-order chi connectivity index (χ0) is 24.8. The van der Waals surface area contributed by atoms with Crippen molar-refractivity contribution >= 4 is 28.5 Å². The third-order valence-electron chi connectivity index (χ3n) is 6.10. The Labute approximate surface area is 212 Å². The highest BCUT2D eigenvalue weighted by molar-refractivity contribution is 6.30. The highest BCUT2D eigenvalue weighted by atomic mass is 35.5. The average Bonchev–Trinajstić information content (AvgIpc) is 3.21. The number of nitrogens with zero attached hydrogens (tertiary/aromatic N) is 2. The van der Waals surface area contributed by atoms with Crippen LogP contribution in [0.15, 0.2) is 66.7 Å². The first-order valence-electron chi connectivity index (χ1n) is 12.1. The van der Waals surface area contributed by atoms with Gasteiger partial charge in [0, 0.05) is 11.6 Å². The second-order valence-electron chi connectivity index (χ2n) is 9.03. The van der Waals surface area contributed by atoms with Gasteiger partial charge in [0.05, 0.1) is 30.1 Å². The summed E-state index contributed by atoms with van der Waals surface area (Å²) in [5.74, 6) is 1.78. The molecule has 182 valence electrons. The fourth-order valence-electron chi connectivity index (χ4n) is 4.22. The molecule has 1 N–H and O–H groups in total. The molecule has 0 aliphatic carbocycles. The van der Waals surface area contributed by atoms with Crippen molar-refractivity contribution in [3.05, 3.63) is 94.3 Å². The van der Waals surface area contributed by atoms with Crippen molar-refractivity contribution in [1.29, 1.82) is 0 Å². The van der Waals surface area contributed by atoms with Gasteiger partial charge in [0.1, 0.15) is 11.6 Å². The Kier molecular flexibility index (Phi) is 8.09. The molecule has 1 aromatic heterocycles. The van der Waals surface area contributed by atoms with Gasteiger partial charge in [-0.2, -0.15) is 0 Å². The molecule has 0 aliphatic rings. The van der Waals surface area contributed by atoms with E-state index in [9.17, 15) is 4.79 Å². The van der Waals surface area contributed by atoms with Gasteiger partial charge in [0.2, 0.25) is 5.91 Å². The van der Waals surface area contributed by atoms with Crippen molar-refractivity contribution in [3.63, 3.8) is 0 Å². The molecule has 5 nitrogen and oxygen atoms in total. The van der Waals surface area contributed by atoms with E-state index in [1.165, 1.54) is 5.56 Å². The molecule has 0 saturated heterocycles. The first-order chi connectivity index (χ1) is 16.9. The summed E-state index contributed by atoms with van der Waals surface area (Å²) in [5, 5.41) is 3.78. The normalized spacial score (nSPS) is 12.0. The van der Waals surface area contributed by atoms with E-state index in [1.54, 1.807) is 12.1 Å². The summed E-state index contributed by atoms with van der Waals surface area (Å²) in [7, 11) is 0. The van der Waals surface area contributed by atoms with Crippen molar-refractivity contribution in [2.24, 2.45) is 0 Å². The van der Waals surface area contributed by atoms with Crippen molar-refractivity contribution in [3.8, 4) is 5.75 Å². The number of carbonyl (C=O) groups is 1. The van der Waals surface area contributed by atoms with Crippen LogP contribution in [0.2, 0.25) is 5.02 Å². The third-order valence-corrected chi connectivity index (χ3v) is 6.36. The minimum Gasteiger partial charge on any atom is -0.493 e. The van der Waals surface area contributed by atoms with Crippen molar-refractivity contribution < 1.29 is 9.53 Å². The lowest BCUT2D eigenvalue weighted by atomic mass is 10.1. The number of nitrogens with one attached hydrogen (secondary N) is 1. The molecule has 35 heavy (non-hydrogen) atoms. The fraction of sp³-hybridized carbons (Fsp3) is 0.310. The van der Waals surface area contributed by atoms with E-state index in [0.717, 1.165) is 53.1 Å². The number of fused-ring (bicyclic) bond motifs is 1. The Bertz CT molecular complexity index is 1300. The van der Waals surface area contributed by atoms with Crippen LogP contribution >= 0.6 is 11.6 Å². The molecule has 1 atom stereocenters. The van der Waals surface area contributed by atoms with Crippen LogP contribution in [0.4, 0.5) is 0 Å². The van der Waals surface area contributed by atoms with Crippen LogP contribution in [-0.4, -0.2) is 22.1 Å². The lowest BCUT2D eigenvalue weighted by molar-refractivity contribution is -0.121. The van der Waals surface area contributed by atoms with Crippen LogP contribution in [0.25, 0.3) is 11.0 Å². The van der Waals surface area contributed by atoms with E-state index in [2.05, 4.69) is 48.0 Å². The van der Waals surface area contributed by atoms with Gasteiger partial charge in [-0.3, -0.25) is 4.79 Å². The van der Waals surface area contributed by atoms with Crippen molar-refractivity contribution in [2.45, 2.75) is 52.6 Å². The van der Waals surface area contributed by atoms with Gasteiger partial charge in [-0.05, 0) is 80.6 Å². The number of rotatable bonds is 10. The topological polar surface area (TPSA) is 56.1 Å². The number of hydrogen-bond acceptors (Lipinski definition) is 3. The highest BCUT2D eigenvalue weighted by Crippen LogP contribution is 2.23. The van der Waals surface area contributed by atoms with Gasteiger partial charge in [-0.1, -0.05) is 48.0 Å². The summed E-state index contributed by atoms with van der Waals surface area (Å²) < 4.78 is 8.25. The SMILES string of the molecule is Cc1ccc(C)c(OCCCCn2c(C(C)NC(=O)Cc3ccc(Cl)cc3)nc3ccccc32)c1. The van der Waals surface area contributed by atoms with E-state index in [4.69, 9.17) is 21.3 Å². The Morgan fingerprint density at radius 3 is 2.63 bits per heavy atom. The summed E-state index contributed by atoms with van der Waals surface area (Å²) in [6.45, 7) is 7.61. The number of imidazole rings is 1. The van der Waals surface area contributed by atoms with E-state index in [0.29, 0.717) is 18.1 Å². The maximum absolute atomic E-state index is 12.7. The van der Waals surface area contributed by atoms with Gasteiger partial charge < -0.3 is 14.6 Å². The molecule has 3 aromatic carbocycles. The van der Waals surface area contributed by atoms with Crippen LogP contribution in [0.1, 0.15) is 48.3 Å². The molecule has 0 saturated carbocycles. The molecule has 0 aliphatic heterocycles. The zero-order valence-electron chi connectivity index (χ0n) is 20.6. The molecule has 1 heterocycles. The van der Waals surface area contributed by atoms with Crippen LogP contribution in [0.5, 0.6) is 5.75 Å². The number of aryl methyl sites for hydroxylation is 3. The first-order valence-corrected chi connectivity index (χ1v) is 12.5. The van der Waals surface area contributed by atoms with Crippen LogP contribution in [-0.2, 0) is 17.8 Å². The number of amides is 1. The van der Waals surface area contributed by atoms with Gasteiger partial charge in [0.15, 0.2) is 0 Å². The van der Waals surface area contributed by atoms with Crippen LogP contribution in [0.3, 0.4) is 0 Å². The second-order valence-corrected chi connectivity index (χ2v) is 9.46. The molecule has 6 heteroatoms. The number of unbranched alkanes of at least 4 members (excludes halogenated alkanes) is 1. The maximum atomic E-state index is 12.7. The largest absolute Gasteiger partial charge is 0.493 e. The number of halogens is 1. The summed E-state index contributed by atoms with van der Waals surface area (Å²) >= 11 is 5.95. The quantitative estimate of drug-likeness (QED) is 0.256. The van der Waals surface area contributed by atoms with Gasteiger partial charge in [-0.25, -0.2) is 4.98 Å². The monoisotopic (exact) mass is 489 g/mol. The van der Waals surface area contributed by atoms with Gasteiger partial charge in [0.25, 0.3) is 0 Å². The predicted molar refractivity (Wildman–Crippen MR) is 142 cm³/mol. The first kappa shape index (κ1) is 24.8. The van der Waals surface area contributed by atoms with E-state index in [1.807, 2.05) is 37.3 Å². The maximum Gasteiger partial charge on any atom is 0.224 e. The number of aromatic nitrogens is 2. The summed E-state index contributed by atoms with van der Waals surface area (Å²) in [6.07, 6.45) is 2.18. The number of hydrogen-bond donors (Lipinski definition) is 1. The lowest BCUT2D eigenvalue weighted by Crippen LogP contribution is -2.30. The Morgan fingerprint density at radius 1 is 1.06 bits per heavy atom. The molecular weight excluding hydrogens is 458 g/mol. The standard InChI is InChI=1S/C29H32ClN3O2/c1-20-10-11-21(2)27(18-20)35-17-7-6-16-33-26-9-5-4-8-25(26)32-29(33)22(3)31-28(34)19-23-12-14-24(30)15-13-23/h4-5,8-15,18,22H,6-7,16-17,19H2,1-3H3,(H,31,34). The minimum absolute atomic E-state index is 0.0413. The Hall–Kier alpha value is -3.31. The van der Waals surface area contributed by atoms with Gasteiger partial charge in [-0.15, -0.1) is 0 Å². The second kappa shape index (κ2) is 11.4. The summed E-state index contributed by atoms with van der Waals surface area (Å²) in [5.41, 5.74) is 5.30. The zero-order valence-corrected chi connectivity index (χ0v) is 21.3. The lowest BCUT2D eigenvalue weighted by Gasteiger charge is -2.17. The molecule has 4 aromatic rings. The highest BCUT2D eigenvalue weighted by Gasteiger charge is 2.18. The number of ether oxygens (including phenoxy) is 1. The predicted octanol–water partition coefficient (Wildman–Crippen LogP) is 6.59. The minimum atomic E-state index is -0.214. The molecule has 0 spiro atoms. The summed E-state index contributed by atoms with van der Waals surface area (Å²) in [6, 6.07) is 21.5. The molecule has 1 unspecified atom stereocenters. The number of para-hydroxylation sites is 2. The van der Waals surface area contributed by atoms with E-state index in [-0.39, 0.29) is 11.9 Å². The van der Waals surface area contributed by atoms with Crippen LogP contribution < -0.4 is 10.1 Å². The molecule has 0 bridgehead atoms. The Balaban J connectivity index is 1.39. The average molecular weight is 490 g/mol. The van der Waals surface area contributed by atoms with Crippen LogP contribution in [0, 0.1) is 13.8 Å². The van der Waals surface area contributed by atoms with E-state index >= 15 is 0 Å². The molecule has 1 amide bonds. The fourth-order valence-corrected chi connectivity index (χ4v) is 4.35. The molecule has 0 fully saturated rings. The Morgan fingerprint density at radius 2 is 1.83 bits per heavy atom.